The van der Waals surface area contributed by atoms with Crippen LogP contribution in [0.25, 0.3) is 0 Å². The number of hydrogen-bond acceptors (Lipinski definition) is 3. The average molecular weight is 279 g/mol. The number of nitrogens with two attached hydrogens (primary N) is 1. The maximum absolute atomic E-state index is 14.0. The molecule has 3 N–H and O–H groups in total. The molecule has 0 bridgehead atoms. The van der Waals surface area contributed by atoms with Gasteiger partial charge in [-0.3, -0.25) is 4.79 Å². The molecule has 0 saturated carbocycles. The Morgan fingerprint density at radius 2 is 2.15 bits per heavy atom. The third-order valence-electron chi connectivity index (χ3n) is 3.65. The number of nitrogens with zero attached hydrogens (tertiary/aromatic N) is 1. The molecule has 110 valence electrons. The molecular formula is C15H22FN3O. The first-order valence-corrected chi connectivity index (χ1v) is 7.23. The molecule has 2 rings (SSSR count). The average Bonchev–Trinajstić information content (AvgIpc) is 2.66. The molecular weight excluding hydrogens is 257 g/mol. The molecule has 0 aliphatic carbocycles. The van der Waals surface area contributed by atoms with E-state index in [-0.39, 0.29) is 17.8 Å². The second-order valence-electron chi connectivity index (χ2n) is 5.09. The molecule has 0 spiro atoms. The zero-order chi connectivity index (χ0) is 14.4. The topological polar surface area (TPSA) is 58.4 Å². The summed E-state index contributed by atoms with van der Waals surface area (Å²) in [5.41, 5.74) is 6.06. The third-order valence-corrected chi connectivity index (χ3v) is 3.65. The Bertz CT molecular complexity index is 452. The molecule has 1 amide bonds. The van der Waals surface area contributed by atoms with Crippen molar-refractivity contribution in [1.29, 1.82) is 0 Å². The molecule has 1 aromatic rings. The second kappa shape index (κ2) is 7.24. The number of carbonyl (C=O) groups is 1. The van der Waals surface area contributed by atoms with Crippen molar-refractivity contribution in [3.8, 4) is 0 Å². The Morgan fingerprint density at radius 1 is 1.35 bits per heavy atom. The monoisotopic (exact) mass is 279 g/mol. The van der Waals surface area contributed by atoms with Crippen LogP contribution in [0.15, 0.2) is 24.3 Å². The Balaban J connectivity index is 2.26. The fraction of sp³-hybridized carbons (Fsp3) is 0.533. The molecule has 1 aliphatic rings. The number of hydrogen-bond donors (Lipinski definition) is 2. The van der Waals surface area contributed by atoms with E-state index in [1.54, 1.807) is 18.2 Å². The molecule has 0 radical (unpaired) electrons. The summed E-state index contributed by atoms with van der Waals surface area (Å²) in [6, 6.07) is 6.31. The van der Waals surface area contributed by atoms with Gasteiger partial charge in [0.2, 0.25) is 5.91 Å². The van der Waals surface area contributed by atoms with E-state index in [9.17, 15) is 9.18 Å². The first-order chi connectivity index (χ1) is 9.74. The normalized spacial score (nSPS) is 19.3. The van der Waals surface area contributed by atoms with Crippen molar-refractivity contribution in [2.45, 2.75) is 31.7 Å². The van der Waals surface area contributed by atoms with Crippen molar-refractivity contribution in [1.82, 2.24) is 5.32 Å². The van der Waals surface area contributed by atoms with E-state index in [0.29, 0.717) is 25.3 Å². The summed E-state index contributed by atoms with van der Waals surface area (Å²) in [5.74, 6) is -0.302. The smallest absolute Gasteiger partial charge is 0.242 e. The Labute approximate surface area is 119 Å². The highest BCUT2D eigenvalue weighted by molar-refractivity contribution is 5.85. The van der Waals surface area contributed by atoms with Crippen LogP contribution in [0, 0.1) is 5.82 Å². The van der Waals surface area contributed by atoms with Gasteiger partial charge in [-0.2, -0.15) is 0 Å². The van der Waals surface area contributed by atoms with E-state index in [1.807, 2.05) is 4.90 Å². The zero-order valence-electron chi connectivity index (χ0n) is 11.6. The summed E-state index contributed by atoms with van der Waals surface area (Å²) in [6.07, 6.45) is 3.43. The van der Waals surface area contributed by atoms with Crippen molar-refractivity contribution in [2.24, 2.45) is 5.73 Å². The highest BCUT2D eigenvalue weighted by Gasteiger charge is 2.28. The molecule has 1 saturated heterocycles. The van der Waals surface area contributed by atoms with Gasteiger partial charge in [-0.15, -0.1) is 0 Å². The summed E-state index contributed by atoms with van der Waals surface area (Å²) >= 11 is 0. The van der Waals surface area contributed by atoms with E-state index < -0.39 is 0 Å². The van der Waals surface area contributed by atoms with E-state index in [4.69, 9.17) is 5.73 Å². The number of para-hydroxylation sites is 1. The van der Waals surface area contributed by atoms with Gasteiger partial charge in [0.1, 0.15) is 11.9 Å². The molecule has 20 heavy (non-hydrogen) atoms. The Hall–Kier alpha value is -1.62. The Morgan fingerprint density at radius 3 is 2.90 bits per heavy atom. The first kappa shape index (κ1) is 14.8. The standard InChI is InChI=1S/C15H22FN3O/c16-12-6-1-2-7-13(12)19(11-5-9-17)14-8-3-4-10-18-15(14)20/h1-2,6-7,14H,3-5,8-11,17H2,(H,18,20). The number of benzene rings is 1. The lowest BCUT2D eigenvalue weighted by atomic mass is 10.1. The van der Waals surface area contributed by atoms with Gasteiger partial charge in [-0.1, -0.05) is 12.1 Å². The van der Waals surface area contributed by atoms with Crippen LogP contribution in [0.2, 0.25) is 0 Å². The molecule has 1 aliphatic heterocycles. The molecule has 0 aromatic heterocycles. The molecule has 1 aromatic carbocycles. The zero-order valence-corrected chi connectivity index (χ0v) is 11.6. The van der Waals surface area contributed by atoms with E-state index >= 15 is 0 Å². The summed E-state index contributed by atoms with van der Waals surface area (Å²) in [5, 5.41) is 2.91. The summed E-state index contributed by atoms with van der Waals surface area (Å²) < 4.78 is 14.0. The number of anilines is 1. The quantitative estimate of drug-likeness (QED) is 0.861. The van der Waals surface area contributed by atoms with Crippen LogP contribution in [0.5, 0.6) is 0 Å². The molecule has 1 heterocycles. The minimum atomic E-state index is -0.305. The Kier molecular flexibility index (Phi) is 5.35. The van der Waals surface area contributed by atoms with Gasteiger partial charge >= 0.3 is 0 Å². The predicted octanol–water partition coefficient (Wildman–Crippen LogP) is 1.65. The van der Waals surface area contributed by atoms with Crippen molar-refractivity contribution >= 4 is 11.6 Å². The van der Waals surface area contributed by atoms with Gasteiger partial charge in [-0.05, 0) is 44.4 Å². The van der Waals surface area contributed by atoms with Gasteiger partial charge in [-0.25, -0.2) is 4.39 Å². The lowest BCUT2D eigenvalue weighted by molar-refractivity contribution is -0.122. The fourth-order valence-corrected chi connectivity index (χ4v) is 2.61. The van der Waals surface area contributed by atoms with Gasteiger partial charge in [0, 0.05) is 13.1 Å². The highest BCUT2D eigenvalue weighted by atomic mass is 19.1. The van der Waals surface area contributed by atoms with E-state index in [1.165, 1.54) is 6.07 Å². The maximum Gasteiger partial charge on any atom is 0.242 e. The second-order valence-corrected chi connectivity index (χ2v) is 5.09. The largest absolute Gasteiger partial charge is 0.357 e. The SMILES string of the molecule is NCCCN(c1ccccc1F)C1CCCCNC1=O. The maximum atomic E-state index is 14.0. The minimum absolute atomic E-state index is 0.0113. The van der Waals surface area contributed by atoms with Gasteiger partial charge in [0.25, 0.3) is 0 Å². The number of carbonyl (C=O) groups excluding carboxylic acids is 1. The van der Waals surface area contributed by atoms with Gasteiger partial charge in [0.15, 0.2) is 0 Å². The van der Waals surface area contributed by atoms with E-state index in [0.717, 1.165) is 25.7 Å². The third kappa shape index (κ3) is 3.48. The van der Waals surface area contributed by atoms with Gasteiger partial charge < -0.3 is 16.0 Å². The summed E-state index contributed by atoms with van der Waals surface area (Å²) in [7, 11) is 0. The lowest BCUT2D eigenvalue weighted by Gasteiger charge is -2.32. The number of nitrogens with one attached hydrogen (secondary N) is 1. The van der Waals surface area contributed by atoms with Crippen LogP contribution in [-0.2, 0) is 4.79 Å². The summed E-state index contributed by atoms with van der Waals surface area (Å²) in [6.45, 7) is 1.83. The molecule has 5 heteroatoms. The molecule has 1 fully saturated rings. The fourth-order valence-electron chi connectivity index (χ4n) is 2.61. The lowest BCUT2D eigenvalue weighted by Crippen LogP contribution is -2.47. The number of rotatable bonds is 5. The number of amides is 1. The van der Waals surface area contributed by atoms with Crippen LogP contribution < -0.4 is 16.0 Å². The van der Waals surface area contributed by atoms with Crippen molar-refractivity contribution in [3.63, 3.8) is 0 Å². The molecule has 4 nitrogen and oxygen atoms in total. The number of halogens is 1. The highest BCUT2D eigenvalue weighted by Crippen LogP contribution is 2.24. The van der Waals surface area contributed by atoms with Crippen molar-refractivity contribution < 1.29 is 9.18 Å². The van der Waals surface area contributed by atoms with Crippen molar-refractivity contribution in [3.05, 3.63) is 30.1 Å². The van der Waals surface area contributed by atoms with Gasteiger partial charge in [0.05, 0.1) is 5.69 Å². The predicted molar refractivity (Wildman–Crippen MR) is 78.1 cm³/mol. The van der Waals surface area contributed by atoms with Crippen LogP contribution in [0.1, 0.15) is 25.7 Å². The van der Waals surface area contributed by atoms with Crippen LogP contribution >= 0.6 is 0 Å². The van der Waals surface area contributed by atoms with Crippen LogP contribution in [0.3, 0.4) is 0 Å². The minimum Gasteiger partial charge on any atom is -0.357 e. The van der Waals surface area contributed by atoms with Crippen molar-refractivity contribution in [2.75, 3.05) is 24.5 Å². The first-order valence-electron chi connectivity index (χ1n) is 7.23. The van der Waals surface area contributed by atoms with E-state index in [2.05, 4.69) is 5.32 Å². The van der Waals surface area contributed by atoms with Crippen LogP contribution in [-0.4, -0.2) is 31.6 Å². The van der Waals surface area contributed by atoms with Crippen LogP contribution in [0.4, 0.5) is 10.1 Å². The molecule has 1 atom stereocenters. The molecule has 1 unspecified atom stereocenters. The summed E-state index contributed by atoms with van der Waals surface area (Å²) in [4.78, 5) is 14.1.